The summed E-state index contributed by atoms with van der Waals surface area (Å²) in [5, 5.41) is 2.94. The molecular formula is C14H22N2O2S. The van der Waals surface area contributed by atoms with Gasteiger partial charge in [0.1, 0.15) is 5.54 Å². The predicted molar refractivity (Wildman–Crippen MR) is 78.3 cm³/mol. The molecule has 1 spiro atoms. The summed E-state index contributed by atoms with van der Waals surface area (Å²) in [6.45, 7) is 4.11. The second kappa shape index (κ2) is 5.99. The van der Waals surface area contributed by atoms with E-state index < -0.39 is 5.54 Å². The van der Waals surface area contributed by atoms with Crippen molar-refractivity contribution in [1.82, 2.24) is 10.2 Å². The molecule has 1 aliphatic carbocycles. The van der Waals surface area contributed by atoms with Crippen LogP contribution in [0.2, 0.25) is 0 Å². The monoisotopic (exact) mass is 282 g/mol. The van der Waals surface area contributed by atoms with Crippen molar-refractivity contribution in [2.24, 2.45) is 0 Å². The van der Waals surface area contributed by atoms with Gasteiger partial charge in [-0.25, -0.2) is 4.79 Å². The van der Waals surface area contributed by atoms with Gasteiger partial charge in [-0.2, -0.15) is 12.6 Å². The summed E-state index contributed by atoms with van der Waals surface area (Å²) < 4.78 is 0. The molecule has 2 fully saturated rings. The van der Waals surface area contributed by atoms with E-state index in [4.69, 9.17) is 0 Å². The number of amides is 3. The molecule has 1 N–H and O–H groups in total. The van der Waals surface area contributed by atoms with Gasteiger partial charge >= 0.3 is 6.03 Å². The quantitative estimate of drug-likeness (QED) is 0.475. The van der Waals surface area contributed by atoms with Crippen LogP contribution in [0.15, 0.2) is 12.2 Å². The largest absolute Gasteiger partial charge is 0.325 e. The SMILES string of the molecule is C=C(CS)CN1C(=O)NC2(CCCCCCC2)C1=O. The molecule has 0 aromatic heterocycles. The average molecular weight is 282 g/mol. The third kappa shape index (κ3) is 2.96. The Kier molecular flexibility index (Phi) is 4.55. The number of hydrogen-bond donors (Lipinski definition) is 2. The third-order valence-electron chi connectivity index (χ3n) is 4.06. The number of urea groups is 1. The Labute approximate surface area is 120 Å². The molecule has 0 aromatic rings. The molecule has 0 bridgehead atoms. The van der Waals surface area contributed by atoms with Crippen LogP contribution in [-0.2, 0) is 4.79 Å². The fourth-order valence-corrected chi connectivity index (χ4v) is 3.04. The van der Waals surface area contributed by atoms with E-state index in [0.29, 0.717) is 5.75 Å². The molecule has 0 unspecified atom stereocenters. The van der Waals surface area contributed by atoms with E-state index in [1.807, 2.05) is 0 Å². The first kappa shape index (κ1) is 14.4. The van der Waals surface area contributed by atoms with Gasteiger partial charge in [-0.1, -0.05) is 38.7 Å². The molecule has 1 saturated heterocycles. The molecular weight excluding hydrogens is 260 g/mol. The van der Waals surface area contributed by atoms with Crippen LogP contribution in [0.3, 0.4) is 0 Å². The Morgan fingerprint density at radius 2 is 1.79 bits per heavy atom. The topological polar surface area (TPSA) is 49.4 Å². The van der Waals surface area contributed by atoms with Crippen LogP contribution in [-0.4, -0.2) is 34.7 Å². The summed E-state index contributed by atoms with van der Waals surface area (Å²) in [5.41, 5.74) is 0.142. The van der Waals surface area contributed by atoms with Gasteiger partial charge in [0, 0.05) is 5.75 Å². The van der Waals surface area contributed by atoms with Gasteiger partial charge in [-0.05, 0) is 18.4 Å². The zero-order valence-electron chi connectivity index (χ0n) is 11.3. The summed E-state index contributed by atoms with van der Waals surface area (Å²) in [7, 11) is 0. The lowest BCUT2D eigenvalue weighted by Gasteiger charge is -2.28. The zero-order valence-corrected chi connectivity index (χ0v) is 12.2. The van der Waals surface area contributed by atoms with Crippen molar-refractivity contribution in [2.75, 3.05) is 12.3 Å². The van der Waals surface area contributed by atoms with Crippen LogP contribution >= 0.6 is 12.6 Å². The maximum Gasteiger partial charge on any atom is 0.325 e. The molecule has 0 aromatic carbocycles. The van der Waals surface area contributed by atoms with Crippen LogP contribution in [0.1, 0.15) is 44.9 Å². The number of thiol groups is 1. The molecule has 0 radical (unpaired) electrons. The Morgan fingerprint density at radius 3 is 2.37 bits per heavy atom. The molecule has 1 aliphatic heterocycles. The first-order valence-electron chi connectivity index (χ1n) is 7.01. The van der Waals surface area contributed by atoms with E-state index in [-0.39, 0.29) is 18.5 Å². The number of carbonyl (C=O) groups excluding carboxylic acids is 2. The van der Waals surface area contributed by atoms with Crippen LogP contribution in [0.5, 0.6) is 0 Å². The van der Waals surface area contributed by atoms with Gasteiger partial charge in [0.05, 0.1) is 6.54 Å². The normalized spacial score (nSPS) is 23.1. The van der Waals surface area contributed by atoms with Crippen LogP contribution < -0.4 is 5.32 Å². The van der Waals surface area contributed by atoms with Gasteiger partial charge in [-0.15, -0.1) is 0 Å². The minimum Gasteiger partial charge on any atom is -0.323 e. The summed E-state index contributed by atoms with van der Waals surface area (Å²) in [6, 6.07) is -0.270. The number of nitrogens with one attached hydrogen (secondary N) is 1. The molecule has 2 rings (SSSR count). The molecule has 4 nitrogen and oxygen atoms in total. The number of rotatable bonds is 3. The third-order valence-corrected chi connectivity index (χ3v) is 4.51. The van der Waals surface area contributed by atoms with Crippen molar-refractivity contribution in [2.45, 2.75) is 50.5 Å². The van der Waals surface area contributed by atoms with E-state index in [2.05, 4.69) is 24.5 Å². The lowest BCUT2D eigenvalue weighted by atomic mass is 9.84. The summed E-state index contributed by atoms with van der Waals surface area (Å²) in [4.78, 5) is 25.9. The summed E-state index contributed by atoms with van der Waals surface area (Å²) in [6.07, 6.45) is 7.07. The average Bonchev–Trinajstić information content (AvgIpc) is 2.59. The van der Waals surface area contributed by atoms with Gasteiger partial charge in [0.25, 0.3) is 5.91 Å². The van der Waals surface area contributed by atoms with Gasteiger partial charge < -0.3 is 5.32 Å². The van der Waals surface area contributed by atoms with Gasteiger partial charge in [0.15, 0.2) is 0 Å². The smallest absolute Gasteiger partial charge is 0.323 e. The van der Waals surface area contributed by atoms with Crippen molar-refractivity contribution < 1.29 is 9.59 Å². The van der Waals surface area contributed by atoms with Crippen LogP contribution in [0.4, 0.5) is 4.79 Å². The fraction of sp³-hybridized carbons (Fsp3) is 0.714. The highest BCUT2D eigenvalue weighted by molar-refractivity contribution is 7.80. The van der Waals surface area contributed by atoms with Crippen LogP contribution in [0, 0.1) is 0 Å². The van der Waals surface area contributed by atoms with Crippen molar-refractivity contribution in [3.05, 3.63) is 12.2 Å². The molecule has 3 amide bonds. The molecule has 19 heavy (non-hydrogen) atoms. The van der Waals surface area contributed by atoms with E-state index in [9.17, 15) is 9.59 Å². The fourth-order valence-electron chi connectivity index (χ4n) is 2.94. The Hall–Kier alpha value is -0.970. The molecule has 5 heteroatoms. The van der Waals surface area contributed by atoms with Gasteiger partial charge in [0.2, 0.25) is 0 Å². The van der Waals surface area contributed by atoms with Crippen LogP contribution in [0.25, 0.3) is 0 Å². The maximum atomic E-state index is 12.6. The first-order valence-corrected chi connectivity index (χ1v) is 7.64. The Bertz CT molecular complexity index is 387. The summed E-state index contributed by atoms with van der Waals surface area (Å²) in [5.74, 6) is 0.423. The van der Waals surface area contributed by atoms with E-state index in [0.717, 1.165) is 44.1 Å². The predicted octanol–water partition coefficient (Wildman–Crippen LogP) is 2.51. The first-order chi connectivity index (χ1) is 9.09. The lowest BCUT2D eigenvalue weighted by Crippen LogP contribution is -2.47. The molecule has 0 atom stereocenters. The van der Waals surface area contributed by atoms with E-state index >= 15 is 0 Å². The number of carbonyl (C=O) groups is 2. The number of hydrogen-bond acceptors (Lipinski definition) is 3. The Balaban J connectivity index is 2.12. The highest BCUT2D eigenvalue weighted by Gasteiger charge is 2.50. The second-order valence-electron chi connectivity index (χ2n) is 5.58. The minimum atomic E-state index is -0.644. The minimum absolute atomic E-state index is 0.0673. The highest BCUT2D eigenvalue weighted by Crippen LogP contribution is 2.32. The van der Waals surface area contributed by atoms with Crippen molar-refractivity contribution in [3.8, 4) is 0 Å². The molecule has 1 saturated carbocycles. The summed E-state index contributed by atoms with van der Waals surface area (Å²) >= 11 is 4.13. The van der Waals surface area contributed by atoms with Gasteiger partial charge in [-0.3, -0.25) is 9.69 Å². The Morgan fingerprint density at radius 1 is 1.21 bits per heavy atom. The zero-order chi connectivity index (χ0) is 13.9. The van der Waals surface area contributed by atoms with Crippen molar-refractivity contribution in [1.29, 1.82) is 0 Å². The second-order valence-corrected chi connectivity index (χ2v) is 5.90. The van der Waals surface area contributed by atoms with E-state index in [1.165, 1.54) is 11.3 Å². The van der Waals surface area contributed by atoms with E-state index in [1.54, 1.807) is 0 Å². The van der Waals surface area contributed by atoms with Crippen molar-refractivity contribution >= 4 is 24.6 Å². The molecule has 106 valence electrons. The molecule has 1 heterocycles. The highest BCUT2D eigenvalue weighted by atomic mass is 32.1. The lowest BCUT2D eigenvalue weighted by molar-refractivity contribution is -0.131. The number of imide groups is 1. The number of nitrogens with zero attached hydrogens (tertiary/aromatic N) is 1. The standard InChI is InChI=1S/C14H22N2O2S/c1-11(10-19)9-16-12(17)14(15-13(16)18)7-5-3-2-4-6-8-14/h19H,1-10H2,(H,15,18). The molecule has 2 aliphatic rings. The van der Waals surface area contributed by atoms with Crippen molar-refractivity contribution in [3.63, 3.8) is 0 Å². The maximum absolute atomic E-state index is 12.6.